The molecular formula is C9H14F2N2O3. The van der Waals surface area contributed by atoms with Gasteiger partial charge in [-0.2, -0.15) is 8.78 Å². The van der Waals surface area contributed by atoms with E-state index in [4.69, 9.17) is 9.84 Å². The van der Waals surface area contributed by atoms with Gasteiger partial charge in [0, 0.05) is 19.6 Å². The lowest BCUT2D eigenvalue weighted by Crippen LogP contribution is -2.61. The first-order valence-electron chi connectivity index (χ1n) is 5.19. The Morgan fingerprint density at radius 2 is 1.94 bits per heavy atom. The van der Waals surface area contributed by atoms with Crippen LogP contribution in [-0.2, 0) is 4.74 Å². The van der Waals surface area contributed by atoms with Gasteiger partial charge in [-0.15, -0.1) is 0 Å². The summed E-state index contributed by atoms with van der Waals surface area (Å²) in [6, 6.07) is 0. The molecule has 2 N–H and O–H groups in total. The van der Waals surface area contributed by atoms with E-state index in [1.165, 1.54) is 4.90 Å². The molecule has 0 aliphatic carbocycles. The van der Waals surface area contributed by atoms with Crippen LogP contribution in [0, 0.1) is 0 Å². The molecule has 7 heteroatoms. The molecule has 2 saturated heterocycles. The average Bonchev–Trinajstić information content (AvgIpc) is 2.16. The summed E-state index contributed by atoms with van der Waals surface area (Å²) >= 11 is 0. The summed E-state index contributed by atoms with van der Waals surface area (Å²) in [6.07, 6.45) is -3.54. The fourth-order valence-electron chi connectivity index (χ4n) is 2.21. The lowest BCUT2D eigenvalue weighted by Gasteiger charge is -2.45. The molecule has 2 rings (SSSR count). The van der Waals surface area contributed by atoms with Crippen LogP contribution in [0.3, 0.4) is 0 Å². The summed E-state index contributed by atoms with van der Waals surface area (Å²) in [5.41, 5.74) is -0.909. The van der Waals surface area contributed by atoms with Gasteiger partial charge in [0.25, 0.3) is 0 Å². The number of likely N-dealkylation sites (tertiary alicyclic amines) is 1. The van der Waals surface area contributed by atoms with E-state index in [2.05, 4.69) is 5.32 Å². The van der Waals surface area contributed by atoms with Gasteiger partial charge in [-0.25, -0.2) is 4.79 Å². The van der Waals surface area contributed by atoms with Crippen molar-refractivity contribution < 1.29 is 23.4 Å². The summed E-state index contributed by atoms with van der Waals surface area (Å²) in [5.74, 6) is 0. The zero-order chi connectivity index (χ0) is 11.8. The Morgan fingerprint density at radius 3 is 2.44 bits per heavy atom. The number of hydrogen-bond donors (Lipinski definition) is 2. The molecule has 5 nitrogen and oxygen atoms in total. The van der Waals surface area contributed by atoms with Crippen molar-refractivity contribution in [2.24, 2.45) is 0 Å². The van der Waals surface area contributed by atoms with Gasteiger partial charge >= 0.3 is 12.2 Å². The molecule has 0 radical (unpaired) electrons. The predicted molar refractivity (Wildman–Crippen MR) is 50.5 cm³/mol. The normalized spacial score (nSPS) is 28.0. The Hall–Kier alpha value is -0.950. The second-order valence-electron chi connectivity index (χ2n) is 4.30. The molecule has 2 aliphatic heterocycles. The number of rotatable bonds is 0. The third-order valence-electron chi connectivity index (χ3n) is 3.09. The van der Waals surface area contributed by atoms with Crippen LogP contribution in [0.2, 0.25) is 0 Å². The first-order chi connectivity index (χ1) is 7.43. The van der Waals surface area contributed by atoms with Gasteiger partial charge in [0.05, 0.1) is 12.1 Å². The molecule has 0 atom stereocenters. The van der Waals surface area contributed by atoms with Crippen molar-refractivity contribution in [2.75, 3.05) is 26.2 Å². The lowest BCUT2D eigenvalue weighted by molar-refractivity contribution is -0.315. The fraction of sp³-hybridized carbons (Fsp3) is 0.889. The second-order valence-corrected chi connectivity index (χ2v) is 4.30. The van der Waals surface area contributed by atoms with Crippen LogP contribution in [0.4, 0.5) is 13.6 Å². The van der Waals surface area contributed by atoms with Crippen LogP contribution in [-0.4, -0.2) is 54.0 Å². The molecule has 16 heavy (non-hydrogen) atoms. The van der Waals surface area contributed by atoms with Crippen molar-refractivity contribution >= 4 is 6.09 Å². The average molecular weight is 236 g/mol. The number of halogens is 2. The molecule has 2 aliphatic rings. The first kappa shape index (κ1) is 11.5. The highest BCUT2D eigenvalue weighted by Gasteiger charge is 2.48. The third kappa shape index (κ3) is 2.25. The van der Waals surface area contributed by atoms with E-state index in [0.717, 1.165) is 0 Å². The van der Waals surface area contributed by atoms with Gasteiger partial charge in [-0.3, -0.25) is 0 Å². The summed E-state index contributed by atoms with van der Waals surface area (Å²) in [4.78, 5) is 11.9. The maximum Gasteiger partial charge on any atom is 0.407 e. The molecule has 92 valence electrons. The SMILES string of the molecule is O=C(O)N1CCC2(CC1)CNCC(F)(F)O2. The third-order valence-corrected chi connectivity index (χ3v) is 3.09. The summed E-state index contributed by atoms with van der Waals surface area (Å²) in [7, 11) is 0. The highest BCUT2D eigenvalue weighted by Crippen LogP contribution is 2.34. The number of nitrogens with one attached hydrogen (secondary N) is 1. The molecule has 2 heterocycles. The zero-order valence-electron chi connectivity index (χ0n) is 8.71. The van der Waals surface area contributed by atoms with Crippen LogP contribution < -0.4 is 5.32 Å². The minimum atomic E-state index is -3.15. The summed E-state index contributed by atoms with van der Waals surface area (Å²) in [5, 5.41) is 11.4. The standard InChI is InChI=1S/C9H14F2N2O3/c10-9(11)6-12-5-8(16-9)1-3-13(4-2-8)7(14)15/h12H,1-6H2,(H,14,15). The first-order valence-corrected chi connectivity index (χ1v) is 5.19. The topological polar surface area (TPSA) is 61.8 Å². The fourth-order valence-corrected chi connectivity index (χ4v) is 2.21. The Balaban J connectivity index is 1.98. The monoisotopic (exact) mass is 236 g/mol. The molecule has 0 bridgehead atoms. The van der Waals surface area contributed by atoms with Gasteiger partial charge in [0.15, 0.2) is 0 Å². The molecule has 2 fully saturated rings. The lowest BCUT2D eigenvalue weighted by atomic mass is 9.90. The molecule has 0 aromatic carbocycles. The van der Waals surface area contributed by atoms with Gasteiger partial charge in [-0.1, -0.05) is 0 Å². The Labute approximate surface area is 91.4 Å². The molecule has 1 amide bonds. The number of alkyl halides is 2. The molecule has 1 spiro atoms. The number of ether oxygens (including phenoxy) is 1. The van der Waals surface area contributed by atoms with E-state index < -0.39 is 24.3 Å². The van der Waals surface area contributed by atoms with Gasteiger partial charge in [-0.05, 0) is 12.8 Å². The number of nitrogens with zero attached hydrogens (tertiary/aromatic N) is 1. The quantitative estimate of drug-likeness (QED) is 0.650. The predicted octanol–water partition coefficient (Wildman–Crippen LogP) is 0.712. The summed E-state index contributed by atoms with van der Waals surface area (Å²) < 4.78 is 31.0. The van der Waals surface area contributed by atoms with Crippen LogP contribution >= 0.6 is 0 Å². The maximum atomic E-state index is 13.1. The summed E-state index contributed by atoms with van der Waals surface area (Å²) in [6.45, 7) is 0.369. The van der Waals surface area contributed by atoms with E-state index in [1.807, 2.05) is 0 Å². The molecule has 0 aromatic heterocycles. The van der Waals surface area contributed by atoms with Crippen LogP contribution in [0.25, 0.3) is 0 Å². The van der Waals surface area contributed by atoms with Crippen LogP contribution in [0.1, 0.15) is 12.8 Å². The maximum absolute atomic E-state index is 13.1. The van der Waals surface area contributed by atoms with Crippen molar-refractivity contribution in [3.8, 4) is 0 Å². The van der Waals surface area contributed by atoms with Crippen molar-refractivity contribution in [2.45, 2.75) is 24.6 Å². The number of carbonyl (C=O) groups is 1. The Bertz CT molecular complexity index is 290. The smallest absolute Gasteiger partial charge is 0.407 e. The molecular weight excluding hydrogens is 222 g/mol. The van der Waals surface area contributed by atoms with Gasteiger partial charge in [0.2, 0.25) is 0 Å². The van der Waals surface area contributed by atoms with E-state index in [0.29, 0.717) is 19.4 Å². The molecule has 0 saturated carbocycles. The number of carboxylic acid groups (broad SMARTS) is 1. The highest BCUT2D eigenvalue weighted by atomic mass is 19.3. The van der Waals surface area contributed by atoms with Gasteiger partial charge in [0.1, 0.15) is 0 Å². The van der Waals surface area contributed by atoms with Gasteiger partial charge < -0.3 is 20.1 Å². The Kier molecular flexibility index (Phi) is 2.75. The molecule has 0 unspecified atom stereocenters. The zero-order valence-corrected chi connectivity index (χ0v) is 8.71. The minimum absolute atomic E-state index is 0.243. The number of amides is 1. The largest absolute Gasteiger partial charge is 0.465 e. The molecule has 0 aromatic rings. The van der Waals surface area contributed by atoms with E-state index in [1.54, 1.807) is 0 Å². The van der Waals surface area contributed by atoms with E-state index in [9.17, 15) is 13.6 Å². The van der Waals surface area contributed by atoms with Crippen LogP contribution in [0.15, 0.2) is 0 Å². The Morgan fingerprint density at radius 1 is 1.31 bits per heavy atom. The second kappa shape index (κ2) is 3.81. The van der Waals surface area contributed by atoms with Crippen molar-refractivity contribution in [3.05, 3.63) is 0 Å². The van der Waals surface area contributed by atoms with Crippen molar-refractivity contribution in [3.63, 3.8) is 0 Å². The number of hydrogen-bond acceptors (Lipinski definition) is 3. The number of piperidine rings is 1. The van der Waals surface area contributed by atoms with E-state index in [-0.39, 0.29) is 13.1 Å². The van der Waals surface area contributed by atoms with Crippen molar-refractivity contribution in [1.29, 1.82) is 0 Å². The minimum Gasteiger partial charge on any atom is -0.465 e. The van der Waals surface area contributed by atoms with Crippen molar-refractivity contribution in [1.82, 2.24) is 10.2 Å². The van der Waals surface area contributed by atoms with Crippen LogP contribution in [0.5, 0.6) is 0 Å². The van der Waals surface area contributed by atoms with E-state index >= 15 is 0 Å². The number of morpholine rings is 1. The highest BCUT2D eigenvalue weighted by molar-refractivity contribution is 5.65.